The molecule has 6 nitrogen and oxygen atoms in total. The van der Waals surface area contributed by atoms with Crippen LogP contribution in [0.1, 0.15) is 12.5 Å². The third kappa shape index (κ3) is 5.87. The molecule has 0 radical (unpaired) electrons. The number of para-hydroxylation sites is 1. The van der Waals surface area contributed by atoms with E-state index in [1.54, 1.807) is 0 Å². The van der Waals surface area contributed by atoms with E-state index in [0.717, 1.165) is 61.5 Å². The minimum absolute atomic E-state index is 0.0575. The van der Waals surface area contributed by atoms with E-state index in [9.17, 15) is 4.79 Å². The molecule has 1 saturated heterocycles. The van der Waals surface area contributed by atoms with Crippen molar-refractivity contribution >= 4 is 34.8 Å². The van der Waals surface area contributed by atoms with Gasteiger partial charge in [0.05, 0.1) is 10.7 Å². The minimum Gasteiger partial charge on any atom is -0.367 e. The van der Waals surface area contributed by atoms with E-state index in [-0.39, 0.29) is 5.91 Å². The molecule has 0 bridgehead atoms. The second-order valence-electron chi connectivity index (χ2n) is 7.03. The summed E-state index contributed by atoms with van der Waals surface area (Å²) in [6.07, 6.45) is 0.888. The van der Waals surface area contributed by atoms with Gasteiger partial charge >= 0.3 is 0 Å². The van der Waals surface area contributed by atoms with Crippen molar-refractivity contribution in [3.05, 3.63) is 59.1 Å². The summed E-state index contributed by atoms with van der Waals surface area (Å²) in [6, 6.07) is 15.9. The molecule has 7 heteroatoms. The van der Waals surface area contributed by atoms with Gasteiger partial charge in [-0.1, -0.05) is 35.9 Å². The smallest absolute Gasteiger partial charge is 0.221 e. The molecular formula is C22H28ClN5O. The van der Waals surface area contributed by atoms with Crippen molar-refractivity contribution in [2.45, 2.75) is 13.3 Å². The topological polar surface area (TPSA) is 60.0 Å². The number of carbonyl (C=O) groups is 1. The predicted octanol–water partition coefficient (Wildman–Crippen LogP) is 3.24. The van der Waals surface area contributed by atoms with Crippen LogP contribution in [0.5, 0.6) is 0 Å². The standard InChI is InChI=1S/C22H28ClN5O/c1-17(29)26-19-9-7-18(8-10-19)11-12-25-22(24-2)28-15-13-27(14-16-28)21-6-4-3-5-20(21)23/h3-10H,11-16H2,1-2H3,(H,24,25)(H,26,29). The fourth-order valence-corrected chi connectivity index (χ4v) is 3.73. The van der Waals surface area contributed by atoms with E-state index in [1.165, 1.54) is 12.5 Å². The molecule has 29 heavy (non-hydrogen) atoms. The SMILES string of the molecule is CN=C(NCCc1ccc(NC(C)=O)cc1)N1CCN(c2ccccc2Cl)CC1. The van der Waals surface area contributed by atoms with Gasteiger partial charge in [0, 0.05) is 52.4 Å². The van der Waals surface area contributed by atoms with Gasteiger partial charge in [-0.05, 0) is 36.2 Å². The van der Waals surface area contributed by atoms with Crippen LogP contribution in [0.15, 0.2) is 53.5 Å². The number of rotatable bonds is 5. The summed E-state index contributed by atoms with van der Waals surface area (Å²) in [4.78, 5) is 20.1. The van der Waals surface area contributed by atoms with Crippen molar-refractivity contribution in [2.75, 3.05) is 50.0 Å². The Bertz CT molecular complexity index is 845. The van der Waals surface area contributed by atoms with Crippen LogP contribution >= 0.6 is 11.6 Å². The number of hydrogen-bond donors (Lipinski definition) is 2. The number of nitrogens with one attached hydrogen (secondary N) is 2. The molecule has 0 atom stereocenters. The summed E-state index contributed by atoms with van der Waals surface area (Å²) < 4.78 is 0. The highest BCUT2D eigenvalue weighted by Crippen LogP contribution is 2.26. The summed E-state index contributed by atoms with van der Waals surface area (Å²) in [5.41, 5.74) is 3.13. The van der Waals surface area contributed by atoms with Gasteiger partial charge in [0.2, 0.25) is 5.91 Å². The largest absolute Gasteiger partial charge is 0.367 e. The highest BCUT2D eigenvalue weighted by atomic mass is 35.5. The number of carbonyl (C=O) groups excluding carboxylic acids is 1. The van der Waals surface area contributed by atoms with E-state index in [4.69, 9.17) is 11.6 Å². The van der Waals surface area contributed by atoms with Crippen molar-refractivity contribution in [3.63, 3.8) is 0 Å². The van der Waals surface area contributed by atoms with Gasteiger partial charge in [-0.2, -0.15) is 0 Å². The average molecular weight is 414 g/mol. The second kappa shape index (κ2) is 10.2. The van der Waals surface area contributed by atoms with Gasteiger partial charge in [-0.25, -0.2) is 0 Å². The molecule has 0 spiro atoms. The predicted molar refractivity (Wildman–Crippen MR) is 121 cm³/mol. The summed E-state index contributed by atoms with van der Waals surface area (Å²) in [7, 11) is 1.82. The molecule has 0 aliphatic carbocycles. The maximum atomic E-state index is 11.1. The first-order chi connectivity index (χ1) is 14.1. The fraction of sp³-hybridized carbons (Fsp3) is 0.364. The second-order valence-corrected chi connectivity index (χ2v) is 7.43. The molecule has 154 valence electrons. The molecule has 0 saturated carbocycles. The van der Waals surface area contributed by atoms with Crippen molar-refractivity contribution in [1.82, 2.24) is 10.2 Å². The maximum absolute atomic E-state index is 11.1. The molecule has 1 fully saturated rings. The number of amides is 1. The lowest BCUT2D eigenvalue weighted by atomic mass is 10.1. The Labute approximate surface area is 177 Å². The van der Waals surface area contributed by atoms with Crippen LogP contribution in [0, 0.1) is 0 Å². The zero-order valence-electron chi connectivity index (χ0n) is 17.0. The molecule has 2 aromatic carbocycles. The highest BCUT2D eigenvalue weighted by Gasteiger charge is 2.20. The average Bonchev–Trinajstić information content (AvgIpc) is 2.73. The Morgan fingerprint density at radius 3 is 2.38 bits per heavy atom. The molecule has 2 N–H and O–H groups in total. The van der Waals surface area contributed by atoms with Crippen LogP contribution in [-0.2, 0) is 11.2 Å². The molecule has 1 aliphatic heterocycles. The van der Waals surface area contributed by atoms with Gasteiger partial charge in [0.15, 0.2) is 5.96 Å². The number of anilines is 2. The zero-order valence-corrected chi connectivity index (χ0v) is 17.7. The van der Waals surface area contributed by atoms with E-state index in [1.807, 2.05) is 49.5 Å². The molecule has 1 amide bonds. The molecule has 2 aromatic rings. The normalized spacial score (nSPS) is 14.7. The first kappa shape index (κ1) is 21.0. The summed E-state index contributed by atoms with van der Waals surface area (Å²) in [5, 5.41) is 7.05. The third-order valence-electron chi connectivity index (χ3n) is 4.96. The van der Waals surface area contributed by atoms with E-state index >= 15 is 0 Å². The summed E-state index contributed by atoms with van der Waals surface area (Å²) in [6.45, 7) is 5.94. The number of halogens is 1. The number of piperazine rings is 1. The monoisotopic (exact) mass is 413 g/mol. The molecule has 1 heterocycles. The van der Waals surface area contributed by atoms with Crippen molar-refractivity contribution < 1.29 is 4.79 Å². The lowest BCUT2D eigenvalue weighted by Gasteiger charge is -2.38. The van der Waals surface area contributed by atoms with Gasteiger partial charge in [0.1, 0.15) is 0 Å². The maximum Gasteiger partial charge on any atom is 0.221 e. The zero-order chi connectivity index (χ0) is 20.6. The Morgan fingerprint density at radius 2 is 1.76 bits per heavy atom. The quantitative estimate of drug-likeness (QED) is 0.583. The number of hydrogen-bond acceptors (Lipinski definition) is 3. The molecule has 3 rings (SSSR count). The van der Waals surface area contributed by atoms with Gasteiger partial charge in [-0.15, -0.1) is 0 Å². The highest BCUT2D eigenvalue weighted by molar-refractivity contribution is 6.33. The van der Waals surface area contributed by atoms with Crippen LogP contribution in [0.4, 0.5) is 11.4 Å². The van der Waals surface area contributed by atoms with Crippen molar-refractivity contribution in [3.8, 4) is 0 Å². The molecule has 0 unspecified atom stereocenters. The fourth-order valence-electron chi connectivity index (χ4n) is 3.48. The summed E-state index contributed by atoms with van der Waals surface area (Å²) >= 11 is 6.33. The van der Waals surface area contributed by atoms with Crippen LogP contribution in [0.25, 0.3) is 0 Å². The number of nitrogens with zero attached hydrogens (tertiary/aromatic N) is 3. The van der Waals surface area contributed by atoms with Crippen LogP contribution in [0.3, 0.4) is 0 Å². The van der Waals surface area contributed by atoms with E-state index < -0.39 is 0 Å². The van der Waals surface area contributed by atoms with Crippen molar-refractivity contribution in [1.29, 1.82) is 0 Å². The first-order valence-electron chi connectivity index (χ1n) is 9.88. The van der Waals surface area contributed by atoms with Gasteiger partial charge in [0.25, 0.3) is 0 Å². The van der Waals surface area contributed by atoms with Gasteiger partial charge < -0.3 is 20.4 Å². The Kier molecular flexibility index (Phi) is 7.36. The van der Waals surface area contributed by atoms with Gasteiger partial charge in [-0.3, -0.25) is 9.79 Å². The summed E-state index contributed by atoms with van der Waals surface area (Å²) in [5.74, 6) is 0.872. The molecular weight excluding hydrogens is 386 g/mol. The van der Waals surface area contributed by atoms with Crippen LogP contribution < -0.4 is 15.5 Å². The van der Waals surface area contributed by atoms with Crippen LogP contribution in [0.2, 0.25) is 5.02 Å². The van der Waals surface area contributed by atoms with Crippen molar-refractivity contribution in [2.24, 2.45) is 4.99 Å². The Hall–Kier alpha value is -2.73. The van der Waals surface area contributed by atoms with Crippen LogP contribution in [-0.4, -0.2) is 56.5 Å². The Balaban J connectivity index is 1.46. The Morgan fingerprint density at radius 1 is 1.07 bits per heavy atom. The minimum atomic E-state index is -0.0575. The lowest BCUT2D eigenvalue weighted by molar-refractivity contribution is -0.114. The first-order valence-corrected chi connectivity index (χ1v) is 10.3. The molecule has 1 aliphatic rings. The number of guanidine groups is 1. The molecule has 0 aromatic heterocycles. The number of aliphatic imine (C=N–C) groups is 1. The third-order valence-corrected chi connectivity index (χ3v) is 5.27. The van der Waals surface area contributed by atoms with E-state index in [0.29, 0.717) is 0 Å². The number of benzene rings is 2. The van der Waals surface area contributed by atoms with E-state index in [2.05, 4.69) is 31.5 Å². The lowest BCUT2D eigenvalue weighted by Crippen LogP contribution is -2.52.